The zero-order valence-electron chi connectivity index (χ0n) is 32.0. The SMILES string of the molecule is CCOCCCOC(=O)c1cc2cc(NC(=O)[C@@H]3[C@H]([C@H]4CC[C@H](OC)CC4)CCN3C(=O)[C@H]3CC[C@H]([C@@H](CF)NC(=O)OC(C)(C)C)CC3)ccc2o1. The summed E-state index contributed by atoms with van der Waals surface area (Å²) in [4.78, 5) is 55.3. The van der Waals surface area contributed by atoms with Crippen molar-refractivity contribution in [1.29, 1.82) is 0 Å². The standard InChI is InChI=1S/C40H58FN3O9/c1-6-50-20-7-21-51-38(47)34-23-28-22-29(14-17-33(28)52-34)42-36(45)35-31(25-12-15-30(49-5)16-13-25)18-19-44(35)37(46)27-10-8-26(9-11-27)32(24-41)43-39(48)53-40(2,3)4/h14,17,22-23,25-27,30-32,35H,6-13,15-16,18-21,24H2,1-5H3,(H,42,45)(H,43,48)/t25-,26-,27-,30-,31-,32+,35-/m0/s1. The van der Waals surface area contributed by atoms with E-state index in [0.717, 1.165) is 32.1 Å². The van der Waals surface area contributed by atoms with E-state index in [9.17, 15) is 23.6 Å². The first-order chi connectivity index (χ1) is 25.4. The van der Waals surface area contributed by atoms with Gasteiger partial charge in [0.15, 0.2) is 0 Å². The van der Waals surface area contributed by atoms with Gasteiger partial charge in [0, 0.05) is 50.3 Å². The molecule has 1 aromatic heterocycles. The van der Waals surface area contributed by atoms with Crippen LogP contribution < -0.4 is 10.6 Å². The summed E-state index contributed by atoms with van der Waals surface area (Å²) in [6.45, 7) is 8.29. The van der Waals surface area contributed by atoms with Gasteiger partial charge in [-0.15, -0.1) is 0 Å². The number of methoxy groups -OCH3 is 1. The van der Waals surface area contributed by atoms with E-state index in [1.54, 1.807) is 57.0 Å². The minimum Gasteiger partial charge on any atom is -0.460 e. The van der Waals surface area contributed by atoms with Crippen LogP contribution in [0, 0.1) is 23.7 Å². The summed E-state index contributed by atoms with van der Waals surface area (Å²) in [6, 6.07) is 5.48. The van der Waals surface area contributed by atoms with Gasteiger partial charge >= 0.3 is 12.1 Å². The number of halogens is 1. The van der Waals surface area contributed by atoms with Gasteiger partial charge in [0.2, 0.25) is 17.6 Å². The molecular formula is C40H58FN3O9. The molecule has 5 rings (SSSR count). The molecule has 3 aliphatic rings. The van der Waals surface area contributed by atoms with E-state index in [0.29, 0.717) is 68.5 Å². The van der Waals surface area contributed by atoms with E-state index in [-0.39, 0.29) is 54.0 Å². The van der Waals surface area contributed by atoms with Crippen LogP contribution in [0.5, 0.6) is 0 Å². The predicted molar refractivity (Wildman–Crippen MR) is 197 cm³/mol. The number of nitrogens with one attached hydrogen (secondary N) is 2. The van der Waals surface area contributed by atoms with Gasteiger partial charge in [-0.05, 0) is 128 Å². The highest BCUT2D eigenvalue weighted by molar-refractivity contribution is 6.00. The van der Waals surface area contributed by atoms with Gasteiger partial charge in [-0.2, -0.15) is 0 Å². The van der Waals surface area contributed by atoms with E-state index >= 15 is 0 Å². The third kappa shape index (κ3) is 10.7. The fraction of sp³-hybridized carbons (Fsp3) is 0.700. The largest absolute Gasteiger partial charge is 0.460 e. The first-order valence-corrected chi connectivity index (χ1v) is 19.4. The Labute approximate surface area is 312 Å². The number of rotatable bonds is 14. The number of carbonyl (C=O) groups is 4. The van der Waals surface area contributed by atoms with Crippen LogP contribution in [0.4, 0.5) is 14.9 Å². The fourth-order valence-electron chi connectivity index (χ4n) is 8.37. The van der Waals surface area contributed by atoms with Crippen molar-refractivity contribution >= 4 is 40.5 Å². The van der Waals surface area contributed by atoms with Crippen molar-refractivity contribution in [3.8, 4) is 0 Å². The maximum Gasteiger partial charge on any atom is 0.407 e. The molecule has 2 aliphatic carbocycles. The average molecular weight is 744 g/mol. The van der Waals surface area contributed by atoms with Crippen molar-refractivity contribution in [2.45, 2.75) is 116 Å². The molecule has 0 radical (unpaired) electrons. The number of furan rings is 1. The summed E-state index contributed by atoms with van der Waals surface area (Å²) >= 11 is 0. The molecule has 0 unspecified atom stereocenters. The van der Waals surface area contributed by atoms with E-state index in [2.05, 4.69) is 10.6 Å². The molecule has 0 spiro atoms. The van der Waals surface area contributed by atoms with Gasteiger partial charge in [0.25, 0.3) is 0 Å². The molecule has 12 nitrogen and oxygen atoms in total. The van der Waals surface area contributed by atoms with Crippen LogP contribution in [0.1, 0.15) is 102 Å². The lowest BCUT2D eigenvalue weighted by molar-refractivity contribution is -0.142. The molecule has 13 heteroatoms. The molecule has 53 heavy (non-hydrogen) atoms. The second-order valence-corrected chi connectivity index (χ2v) is 15.8. The molecule has 1 aliphatic heterocycles. The Balaban J connectivity index is 1.26. The number of fused-ring (bicyclic) bond motifs is 1. The van der Waals surface area contributed by atoms with Gasteiger partial charge in [0.1, 0.15) is 23.9 Å². The average Bonchev–Trinajstić information content (AvgIpc) is 3.78. The molecule has 3 amide bonds. The quantitative estimate of drug-likeness (QED) is 0.154. The van der Waals surface area contributed by atoms with E-state index < -0.39 is 36.4 Å². The molecule has 0 bridgehead atoms. The number of hydrogen-bond acceptors (Lipinski definition) is 9. The molecule has 3 fully saturated rings. The van der Waals surface area contributed by atoms with Crippen molar-refractivity contribution in [2.24, 2.45) is 23.7 Å². The highest BCUT2D eigenvalue weighted by atomic mass is 19.1. The smallest absolute Gasteiger partial charge is 0.407 e. The topological polar surface area (TPSA) is 146 Å². The summed E-state index contributed by atoms with van der Waals surface area (Å²) in [5.41, 5.74) is 0.335. The van der Waals surface area contributed by atoms with Gasteiger partial charge in [-0.1, -0.05) is 0 Å². The third-order valence-corrected chi connectivity index (χ3v) is 11.1. The van der Waals surface area contributed by atoms with Crippen LogP contribution >= 0.6 is 0 Å². The Kier molecular flexibility index (Phi) is 14.2. The maximum absolute atomic E-state index is 14.3. The zero-order chi connectivity index (χ0) is 38.1. The lowest BCUT2D eigenvalue weighted by atomic mass is 9.75. The molecule has 2 aromatic rings. The number of benzene rings is 1. The summed E-state index contributed by atoms with van der Waals surface area (Å²) in [7, 11) is 1.74. The normalized spacial score (nSPS) is 25.5. The van der Waals surface area contributed by atoms with E-state index in [4.69, 9.17) is 23.4 Å². The zero-order valence-corrected chi connectivity index (χ0v) is 32.0. The molecule has 2 saturated carbocycles. The molecule has 1 saturated heterocycles. The van der Waals surface area contributed by atoms with Crippen molar-refractivity contribution in [3.05, 3.63) is 30.0 Å². The number of anilines is 1. The van der Waals surface area contributed by atoms with E-state index in [1.165, 1.54) is 0 Å². The number of amides is 3. The molecule has 1 aromatic carbocycles. The van der Waals surface area contributed by atoms with Crippen LogP contribution in [-0.4, -0.2) is 92.7 Å². The molecule has 2 heterocycles. The Morgan fingerprint density at radius 1 is 0.981 bits per heavy atom. The highest BCUT2D eigenvalue weighted by Crippen LogP contribution is 2.42. The molecule has 2 N–H and O–H groups in total. The maximum atomic E-state index is 14.3. The van der Waals surface area contributed by atoms with Crippen LogP contribution in [0.25, 0.3) is 11.0 Å². The molecular weight excluding hydrogens is 685 g/mol. The van der Waals surface area contributed by atoms with Crippen molar-refractivity contribution in [3.63, 3.8) is 0 Å². The summed E-state index contributed by atoms with van der Waals surface area (Å²) in [5, 5.41) is 6.42. The monoisotopic (exact) mass is 743 g/mol. The number of esters is 1. The summed E-state index contributed by atoms with van der Waals surface area (Å²) in [6.07, 6.45) is 6.88. The van der Waals surface area contributed by atoms with Gasteiger partial charge < -0.3 is 38.9 Å². The highest BCUT2D eigenvalue weighted by Gasteiger charge is 2.47. The number of hydrogen-bond donors (Lipinski definition) is 2. The molecule has 3 atom stereocenters. The number of alkyl carbamates (subject to hydrolysis) is 1. The van der Waals surface area contributed by atoms with Crippen LogP contribution in [0.2, 0.25) is 0 Å². The number of nitrogens with zero attached hydrogens (tertiary/aromatic N) is 1. The van der Waals surface area contributed by atoms with E-state index in [1.807, 2.05) is 6.92 Å². The minimum atomic E-state index is -0.713. The van der Waals surface area contributed by atoms with Gasteiger partial charge in [-0.25, -0.2) is 14.0 Å². The molecule has 294 valence electrons. The number of alkyl halides is 1. The summed E-state index contributed by atoms with van der Waals surface area (Å²) < 4.78 is 41.4. The van der Waals surface area contributed by atoms with Crippen molar-refractivity contribution in [2.75, 3.05) is 45.5 Å². The third-order valence-electron chi connectivity index (χ3n) is 11.1. The van der Waals surface area contributed by atoms with Gasteiger partial charge in [0.05, 0.1) is 18.8 Å². The minimum absolute atomic E-state index is 0.00352. The van der Waals surface area contributed by atoms with Crippen LogP contribution in [-0.2, 0) is 28.5 Å². The van der Waals surface area contributed by atoms with Crippen LogP contribution in [0.3, 0.4) is 0 Å². The number of likely N-dealkylation sites (tertiary alicyclic amines) is 1. The van der Waals surface area contributed by atoms with Crippen molar-refractivity contribution in [1.82, 2.24) is 10.2 Å². The van der Waals surface area contributed by atoms with Crippen LogP contribution in [0.15, 0.2) is 28.7 Å². The second-order valence-electron chi connectivity index (χ2n) is 15.8. The fourth-order valence-corrected chi connectivity index (χ4v) is 8.37. The number of carbonyl (C=O) groups excluding carboxylic acids is 4. The first-order valence-electron chi connectivity index (χ1n) is 19.4. The lowest BCUT2D eigenvalue weighted by Gasteiger charge is -2.38. The first kappa shape index (κ1) is 40.5. The van der Waals surface area contributed by atoms with Gasteiger partial charge in [-0.3, -0.25) is 9.59 Å². The second kappa shape index (κ2) is 18.6. The predicted octanol–water partition coefficient (Wildman–Crippen LogP) is 7.05. The van der Waals surface area contributed by atoms with Crippen molar-refractivity contribution < 1.29 is 46.9 Å². The Hall–Kier alpha value is -3.71. The lowest BCUT2D eigenvalue weighted by Crippen LogP contribution is -2.50. The number of ether oxygens (including phenoxy) is 4. The summed E-state index contributed by atoms with van der Waals surface area (Å²) in [5.74, 6) is -0.875. The Bertz CT molecular complexity index is 1540. The Morgan fingerprint density at radius 3 is 2.38 bits per heavy atom. The Morgan fingerprint density at radius 2 is 1.72 bits per heavy atom.